The van der Waals surface area contributed by atoms with Gasteiger partial charge in [-0.1, -0.05) is 6.58 Å². The molecule has 3 aromatic rings. The van der Waals surface area contributed by atoms with Crippen LogP contribution in [0.4, 0.5) is 15.8 Å². The molecule has 142 valence electrons. The molecule has 0 saturated carbocycles. The maximum Gasteiger partial charge on any atom is 0.193 e. The molecular weight excluding hydrogens is 357 g/mol. The lowest BCUT2D eigenvalue weighted by Gasteiger charge is -2.15. The predicted molar refractivity (Wildman–Crippen MR) is 109 cm³/mol. The molecule has 0 heterocycles. The molecule has 3 rings (SSSR count). The maximum atomic E-state index is 13.2. The van der Waals surface area contributed by atoms with Gasteiger partial charge in [-0.05, 0) is 60.7 Å². The fourth-order valence-corrected chi connectivity index (χ4v) is 2.74. The van der Waals surface area contributed by atoms with E-state index in [1.165, 1.54) is 24.3 Å². The number of halogens is 1. The number of nitrogens with one attached hydrogen (secondary N) is 1. The number of hydrogen-bond donors (Lipinski definition) is 1. The summed E-state index contributed by atoms with van der Waals surface area (Å²) in [6.07, 6.45) is 0. The average Bonchev–Trinajstić information content (AvgIpc) is 2.73. The number of hydrogen-bond acceptors (Lipinski definition) is 4. The van der Waals surface area contributed by atoms with E-state index in [2.05, 4.69) is 11.9 Å². The van der Waals surface area contributed by atoms with E-state index in [-0.39, 0.29) is 5.78 Å². The van der Waals surface area contributed by atoms with Crippen molar-refractivity contribution in [2.75, 3.05) is 19.5 Å². The molecule has 4 nitrogen and oxygen atoms in total. The Morgan fingerprint density at radius 2 is 1.50 bits per heavy atom. The van der Waals surface area contributed by atoms with Gasteiger partial charge in [-0.15, -0.1) is 0 Å². The van der Waals surface area contributed by atoms with Gasteiger partial charge in [0.05, 0.1) is 19.9 Å². The molecule has 0 aliphatic heterocycles. The van der Waals surface area contributed by atoms with Gasteiger partial charge < -0.3 is 14.8 Å². The molecule has 0 radical (unpaired) electrons. The highest BCUT2D eigenvalue weighted by molar-refractivity contribution is 6.29. The summed E-state index contributed by atoms with van der Waals surface area (Å²) in [5, 5.41) is 3.29. The van der Waals surface area contributed by atoms with E-state index >= 15 is 0 Å². The van der Waals surface area contributed by atoms with Crippen LogP contribution in [0.25, 0.3) is 5.57 Å². The van der Waals surface area contributed by atoms with Gasteiger partial charge in [0.15, 0.2) is 5.78 Å². The molecule has 0 saturated heterocycles. The minimum Gasteiger partial charge on any atom is -0.497 e. The van der Waals surface area contributed by atoms with Crippen molar-refractivity contribution in [3.63, 3.8) is 0 Å². The Morgan fingerprint density at radius 3 is 2.11 bits per heavy atom. The van der Waals surface area contributed by atoms with Crippen LogP contribution >= 0.6 is 0 Å². The van der Waals surface area contributed by atoms with Gasteiger partial charge in [0.25, 0.3) is 0 Å². The van der Waals surface area contributed by atoms with E-state index in [9.17, 15) is 9.18 Å². The highest BCUT2D eigenvalue weighted by atomic mass is 19.1. The molecule has 0 bridgehead atoms. The van der Waals surface area contributed by atoms with Crippen molar-refractivity contribution in [2.24, 2.45) is 0 Å². The third-order valence-corrected chi connectivity index (χ3v) is 4.30. The van der Waals surface area contributed by atoms with Crippen molar-refractivity contribution in [1.29, 1.82) is 0 Å². The van der Waals surface area contributed by atoms with Gasteiger partial charge in [0, 0.05) is 28.5 Å². The van der Waals surface area contributed by atoms with Gasteiger partial charge >= 0.3 is 0 Å². The number of carbonyl (C=O) groups is 1. The molecule has 0 atom stereocenters. The number of allylic oxidation sites excluding steroid dienone is 1. The first-order chi connectivity index (χ1) is 13.5. The van der Waals surface area contributed by atoms with Gasteiger partial charge in [0.2, 0.25) is 0 Å². The van der Waals surface area contributed by atoms with Crippen molar-refractivity contribution >= 4 is 22.7 Å². The topological polar surface area (TPSA) is 47.6 Å². The van der Waals surface area contributed by atoms with E-state index in [1.807, 2.05) is 24.3 Å². The van der Waals surface area contributed by atoms with Crippen molar-refractivity contribution in [1.82, 2.24) is 0 Å². The number of anilines is 2. The molecule has 0 fully saturated rings. The number of ketones is 1. The Morgan fingerprint density at radius 1 is 0.893 bits per heavy atom. The van der Waals surface area contributed by atoms with E-state index in [1.54, 1.807) is 32.4 Å². The van der Waals surface area contributed by atoms with E-state index < -0.39 is 5.82 Å². The molecule has 0 spiro atoms. The normalized spacial score (nSPS) is 10.2. The van der Waals surface area contributed by atoms with Crippen LogP contribution in [0.2, 0.25) is 0 Å². The molecule has 3 aromatic carbocycles. The predicted octanol–water partition coefficient (Wildman–Crippen LogP) is 5.48. The highest BCUT2D eigenvalue weighted by Gasteiger charge is 2.16. The summed E-state index contributed by atoms with van der Waals surface area (Å²) in [4.78, 5) is 12.8. The van der Waals surface area contributed by atoms with Gasteiger partial charge in [0.1, 0.15) is 17.3 Å². The fourth-order valence-electron chi connectivity index (χ4n) is 2.74. The Bertz CT molecular complexity index is 995. The molecule has 0 unspecified atom stereocenters. The number of rotatable bonds is 7. The van der Waals surface area contributed by atoms with Crippen LogP contribution in [0.1, 0.15) is 15.9 Å². The summed E-state index contributed by atoms with van der Waals surface area (Å²) >= 11 is 0. The first-order valence-corrected chi connectivity index (χ1v) is 8.60. The quantitative estimate of drug-likeness (QED) is 0.437. The third-order valence-electron chi connectivity index (χ3n) is 4.30. The molecule has 0 aromatic heterocycles. The smallest absolute Gasteiger partial charge is 0.193 e. The summed E-state index contributed by atoms with van der Waals surface area (Å²) in [7, 11) is 3.18. The number of methoxy groups -OCH3 is 2. The van der Waals surface area contributed by atoms with Crippen molar-refractivity contribution in [3.8, 4) is 11.5 Å². The van der Waals surface area contributed by atoms with Crippen LogP contribution in [-0.4, -0.2) is 20.0 Å². The van der Waals surface area contributed by atoms with Gasteiger partial charge in [-0.2, -0.15) is 0 Å². The zero-order chi connectivity index (χ0) is 20.1. The third kappa shape index (κ3) is 4.20. The van der Waals surface area contributed by atoms with E-state index in [0.29, 0.717) is 28.1 Å². The zero-order valence-electron chi connectivity index (χ0n) is 15.7. The lowest BCUT2D eigenvalue weighted by Crippen LogP contribution is -2.05. The molecule has 28 heavy (non-hydrogen) atoms. The molecule has 1 N–H and O–H groups in total. The number of benzene rings is 3. The van der Waals surface area contributed by atoms with Crippen LogP contribution < -0.4 is 14.8 Å². The second kappa shape index (κ2) is 8.39. The molecule has 0 aliphatic carbocycles. The zero-order valence-corrected chi connectivity index (χ0v) is 15.7. The molecular formula is C23H20FNO3. The summed E-state index contributed by atoms with van der Waals surface area (Å²) in [6, 6.07) is 18.1. The summed E-state index contributed by atoms with van der Waals surface area (Å²) in [5.74, 6) is 0.713. The first-order valence-electron chi connectivity index (χ1n) is 8.60. The Hall–Kier alpha value is -3.60. The van der Waals surface area contributed by atoms with Gasteiger partial charge in [-0.3, -0.25) is 4.79 Å². The van der Waals surface area contributed by atoms with Gasteiger partial charge in [-0.25, -0.2) is 4.39 Å². The lowest BCUT2D eigenvalue weighted by molar-refractivity contribution is 0.105. The molecule has 5 heteroatoms. The second-order valence-electron chi connectivity index (χ2n) is 6.08. The summed E-state index contributed by atoms with van der Waals surface area (Å²) < 4.78 is 23.6. The van der Waals surface area contributed by atoms with Crippen molar-refractivity contribution in [3.05, 3.63) is 90.3 Å². The van der Waals surface area contributed by atoms with E-state index in [0.717, 1.165) is 11.4 Å². The SMILES string of the molecule is C=C(C(=O)c1ccc(F)cc1)c1ccc(OC)cc1Nc1ccc(OC)cc1. The number of ether oxygens (including phenoxy) is 2. The average molecular weight is 377 g/mol. The Kier molecular flexibility index (Phi) is 5.75. The van der Waals surface area contributed by atoms with Crippen LogP contribution in [0.3, 0.4) is 0 Å². The number of Topliss-reactive ketones (excluding diaryl/α,β-unsaturated/α-hetero) is 1. The van der Waals surface area contributed by atoms with Crippen LogP contribution in [-0.2, 0) is 0 Å². The maximum absolute atomic E-state index is 13.2. The Labute approximate surface area is 163 Å². The van der Waals surface area contributed by atoms with Crippen molar-refractivity contribution < 1.29 is 18.7 Å². The highest BCUT2D eigenvalue weighted by Crippen LogP contribution is 2.32. The summed E-state index contributed by atoms with van der Waals surface area (Å²) in [5.41, 5.74) is 2.79. The Balaban J connectivity index is 1.94. The first kappa shape index (κ1) is 19.2. The second-order valence-corrected chi connectivity index (χ2v) is 6.08. The lowest BCUT2D eigenvalue weighted by atomic mass is 9.96. The minimum absolute atomic E-state index is 0.275. The van der Waals surface area contributed by atoms with Crippen LogP contribution in [0, 0.1) is 5.82 Å². The van der Waals surface area contributed by atoms with E-state index in [4.69, 9.17) is 9.47 Å². The fraction of sp³-hybridized carbons (Fsp3) is 0.0870. The molecule has 0 aliphatic rings. The van der Waals surface area contributed by atoms with Crippen LogP contribution in [0.15, 0.2) is 73.3 Å². The molecule has 0 amide bonds. The minimum atomic E-state index is -0.395. The largest absolute Gasteiger partial charge is 0.497 e. The summed E-state index contributed by atoms with van der Waals surface area (Å²) in [6.45, 7) is 3.96. The monoisotopic (exact) mass is 377 g/mol. The van der Waals surface area contributed by atoms with Crippen LogP contribution in [0.5, 0.6) is 11.5 Å². The standard InChI is InChI=1S/C23H20FNO3/c1-15(23(26)16-4-6-17(24)7-5-16)21-13-12-20(28-3)14-22(21)25-18-8-10-19(27-2)11-9-18/h4-14,25H,1H2,2-3H3. The van der Waals surface area contributed by atoms with Crippen molar-refractivity contribution in [2.45, 2.75) is 0 Å². The number of carbonyl (C=O) groups excluding carboxylic acids is 1.